The smallest absolute Gasteiger partial charge is 0.329 e. The highest BCUT2D eigenvalue weighted by atomic mass is 16.5. The molecule has 0 aliphatic heterocycles. The van der Waals surface area contributed by atoms with E-state index in [9.17, 15) is 14.4 Å². The number of ether oxygens (including phenoxy) is 1. The van der Waals surface area contributed by atoms with Gasteiger partial charge in [-0.15, -0.1) is 0 Å². The van der Waals surface area contributed by atoms with Gasteiger partial charge < -0.3 is 15.0 Å². The third kappa shape index (κ3) is 6.28. The fourth-order valence-corrected chi connectivity index (χ4v) is 3.30. The Labute approximate surface area is 187 Å². The summed E-state index contributed by atoms with van der Waals surface area (Å²) in [5.74, 6) is -1.37. The molecule has 0 saturated carbocycles. The van der Waals surface area contributed by atoms with E-state index in [-0.39, 0.29) is 18.2 Å². The third-order valence-electron chi connectivity index (χ3n) is 4.93. The van der Waals surface area contributed by atoms with Gasteiger partial charge >= 0.3 is 5.97 Å². The van der Waals surface area contributed by atoms with Crippen LogP contribution in [-0.2, 0) is 20.7 Å². The Morgan fingerprint density at radius 3 is 2.00 bits per heavy atom. The van der Waals surface area contributed by atoms with Crippen LogP contribution in [0.2, 0.25) is 0 Å². The lowest BCUT2D eigenvalue weighted by Gasteiger charge is -2.22. The molecule has 0 spiro atoms. The molecule has 6 nitrogen and oxygen atoms in total. The number of benzene rings is 3. The summed E-state index contributed by atoms with van der Waals surface area (Å²) in [6.45, 7) is 1.89. The maximum absolute atomic E-state index is 12.9. The lowest BCUT2D eigenvalue weighted by molar-refractivity contribution is -0.149. The minimum atomic E-state index is -0.926. The van der Waals surface area contributed by atoms with Gasteiger partial charge in [-0.2, -0.15) is 0 Å². The van der Waals surface area contributed by atoms with E-state index >= 15 is 0 Å². The van der Waals surface area contributed by atoms with Crippen molar-refractivity contribution < 1.29 is 19.1 Å². The number of esters is 1. The molecule has 0 aliphatic rings. The summed E-state index contributed by atoms with van der Waals surface area (Å²) in [4.78, 5) is 39.7. The van der Waals surface area contributed by atoms with Gasteiger partial charge in [0.1, 0.15) is 6.04 Å². The van der Waals surface area contributed by atoms with Crippen molar-refractivity contribution in [1.82, 2.24) is 5.32 Å². The lowest BCUT2D eigenvalue weighted by atomic mass is 10.1. The molecule has 0 bridgehead atoms. The number of anilines is 1. The number of likely N-dealkylation sites (N-methyl/N-ethyl adjacent to an activating group) is 1. The second kappa shape index (κ2) is 11.5. The van der Waals surface area contributed by atoms with Gasteiger partial charge in [-0.05, 0) is 36.8 Å². The molecule has 32 heavy (non-hydrogen) atoms. The Balaban J connectivity index is 1.68. The van der Waals surface area contributed by atoms with E-state index in [0.717, 1.165) is 11.3 Å². The van der Waals surface area contributed by atoms with Gasteiger partial charge in [0.05, 0.1) is 0 Å². The molecule has 3 rings (SSSR count). The van der Waals surface area contributed by atoms with Crippen LogP contribution in [0.25, 0.3) is 0 Å². The normalized spacial score (nSPS) is 11.3. The second-order valence-corrected chi connectivity index (χ2v) is 7.16. The number of para-hydroxylation sites is 1. The van der Waals surface area contributed by atoms with Crippen LogP contribution in [0.3, 0.4) is 0 Å². The van der Waals surface area contributed by atoms with E-state index in [1.54, 1.807) is 29.2 Å². The Kier molecular flexibility index (Phi) is 8.15. The Bertz CT molecular complexity index is 1020. The molecule has 6 heteroatoms. The summed E-state index contributed by atoms with van der Waals surface area (Å²) in [6, 6.07) is 26.2. The quantitative estimate of drug-likeness (QED) is 0.526. The molecular weight excluding hydrogens is 404 g/mol. The average molecular weight is 431 g/mol. The second-order valence-electron chi connectivity index (χ2n) is 7.16. The van der Waals surface area contributed by atoms with Crippen LogP contribution in [0.15, 0.2) is 91.0 Å². The number of nitrogens with zero attached hydrogens (tertiary/aromatic N) is 1. The van der Waals surface area contributed by atoms with Crippen molar-refractivity contribution >= 4 is 23.5 Å². The van der Waals surface area contributed by atoms with Crippen molar-refractivity contribution in [2.24, 2.45) is 0 Å². The first-order valence-electron chi connectivity index (χ1n) is 10.5. The highest BCUT2D eigenvalue weighted by molar-refractivity contribution is 5.98. The van der Waals surface area contributed by atoms with Gasteiger partial charge in [-0.1, -0.05) is 66.7 Å². The van der Waals surface area contributed by atoms with Crippen LogP contribution in [-0.4, -0.2) is 37.0 Å². The molecule has 3 aromatic rings. The average Bonchev–Trinajstić information content (AvgIpc) is 2.84. The molecule has 0 fully saturated rings. The lowest BCUT2D eigenvalue weighted by Crippen LogP contribution is -2.44. The topological polar surface area (TPSA) is 75.7 Å². The number of hydrogen-bond donors (Lipinski definition) is 1. The predicted molar refractivity (Wildman–Crippen MR) is 123 cm³/mol. The van der Waals surface area contributed by atoms with Crippen molar-refractivity contribution in [3.63, 3.8) is 0 Å². The Hall–Kier alpha value is -3.93. The van der Waals surface area contributed by atoms with Crippen molar-refractivity contribution in [3.8, 4) is 0 Å². The zero-order chi connectivity index (χ0) is 22.8. The highest BCUT2D eigenvalue weighted by Crippen LogP contribution is 2.13. The molecule has 0 radical (unpaired) electrons. The summed E-state index contributed by atoms with van der Waals surface area (Å²) < 4.78 is 5.33. The van der Waals surface area contributed by atoms with E-state index < -0.39 is 18.6 Å². The largest absolute Gasteiger partial charge is 0.454 e. The molecule has 0 aliphatic carbocycles. The maximum atomic E-state index is 12.9. The van der Waals surface area contributed by atoms with Crippen molar-refractivity contribution in [3.05, 3.63) is 102 Å². The molecular formula is C26H26N2O4. The first-order valence-corrected chi connectivity index (χ1v) is 10.5. The number of nitrogens with one attached hydrogen (secondary N) is 1. The highest BCUT2D eigenvalue weighted by Gasteiger charge is 2.25. The summed E-state index contributed by atoms with van der Waals surface area (Å²) in [7, 11) is 0. The van der Waals surface area contributed by atoms with E-state index in [4.69, 9.17) is 4.74 Å². The van der Waals surface area contributed by atoms with Crippen LogP contribution in [0.4, 0.5) is 5.69 Å². The summed E-state index contributed by atoms with van der Waals surface area (Å²) in [5.41, 5.74) is 2.04. The van der Waals surface area contributed by atoms with Crippen LogP contribution in [0, 0.1) is 0 Å². The fraction of sp³-hybridized carbons (Fsp3) is 0.192. The molecule has 1 atom stereocenters. The molecule has 0 heterocycles. The first-order chi connectivity index (χ1) is 15.6. The molecule has 3 aromatic carbocycles. The number of carbonyl (C=O) groups is 3. The molecule has 164 valence electrons. The van der Waals surface area contributed by atoms with Gasteiger partial charge in [-0.3, -0.25) is 9.59 Å². The van der Waals surface area contributed by atoms with Crippen LogP contribution >= 0.6 is 0 Å². The van der Waals surface area contributed by atoms with Gasteiger partial charge in [0.15, 0.2) is 6.61 Å². The monoisotopic (exact) mass is 430 g/mol. The number of carbonyl (C=O) groups excluding carboxylic acids is 3. The van der Waals surface area contributed by atoms with Gasteiger partial charge in [0.25, 0.3) is 11.8 Å². The van der Waals surface area contributed by atoms with Crippen LogP contribution in [0.5, 0.6) is 0 Å². The number of hydrogen-bond acceptors (Lipinski definition) is 4. The summed E-state index contributed by atoms with van der Waals surface area (Å²) in [5, 5.41) is 2.74. The molecule has 0 aromatic heterocycles. The standard InChI is InChI=1S/C26H26N2O4/c1-2-28(22-16-10-5-11-17-22)24(29)19-32-26(31)23(18-20-12-6-3-7-13-20)27-25(30)21-14-8-4-9-15-21/h3-17,23H,2,18-19H2,1H3,(H,27,30). The van der Waals surface area contributed by atoms with Crippen molar-refractivity contribution in [2.45, 2.75) is 19.4 Å². The van der Waals surface area contributed by atoms with E-state index in [1.807, 2.05) is 73.7 Å². The summed E-state index contributed by atoms with van der Waals surface area (Å²) >= 11 is 0. The van der Waals surface area contributed by atoms with Crippen molar-refractivity contribution in [2.75, 3.05) is 18.1 Å². The SMILES string of the molecule is CCN(C(=O)COC(=O)C(Cc1ccccc1)NC(=O)c1ccccc1)c1ccccc1. The van der Waals surface area contributed by atoms with Crippen molar-refractivity contribution in [1.29, 1.82) is 0 Å². The predicted octanol–water partition coefficient (Wildman–Crippen LogP) is 3.62. The van der Waals surface area contributed by atoms with Crippen LogP contribution in [0.1, 0.15) is 22.8 Å². The van der Waals surface area contributed by atoms with Gasteiger partial charge in [0, 0.05) is 24.2 Å². The summed E-state index contributed by atoms with van der Waals surface area (Å²) in [6.07, 6.45) is 0.253. The molecule has 2 amide bonds. The molecule has 0 saturated heterocycles. The minimum absolute atomic E-state index is 0.253. The molecule has 1 unspecified atom stereocenters. The number of rotatable bonds is 9. The maximum Gasteiger partial charge on any atom is 0.329 e. The van der Waals surface area contributed by atoms with E-state index in [2.05, 4.69) is 5.32 Å². The Morgan fingerprint density at radius 2 is 1.41 bits per heavy atom. The first kappa shape index (κ1) is 22.7. The van der Waals surface area contributed by atoms with E-state index in [0.29, 0.717) is 12.1 Å². The zero-order valence-electron chi connectivity index (χ0n) is 17.9. The molecule has 1 N–H and O–H groups in total. The Morgan fingerprint density at radius 1 is 0.844 bits per heavy atom. The zero-order valence-corrected chi connectivity index (χ0v) is 17.9. The number of amides is 2. The van der Waals surface area contributed by atoms with Gasteiger partial charge in [0.2, 0.25) is 0 Å². The third-order valence-corrected chi connectivity index (χ3v) is 4.93. The van der Waals surface area contributed by atoms with E-state index in [1.165, 1.54) is 0 Å². The minimum Gasteiger partial charge on any atom is -0.454 e. The van der Waals surface area contributed by atoms with Gasteiger partial charge in [-0.25, -0.2) is 4.79 Å². The fourth-order valence-electron chi connectivity index (χ4n) is 3.30. The van der Waals surface area contributed by atoms with Crippen LogP contribution < -0.4 is 10.2 Å².